The fourth-order valence-corrected chi connectivity index (χ4v) is 6.82. The molecule has 0 saturated heterocycles. The zero-order chi connectivity index (χ0) is 15.7. The number of carbonyl (C=O) groups is 2. The minimum atomic E-state index is -0.236. The van der Waals surface area contributed by atoms with Crippen molar-refractivity contribution in [2.45, 2.75) is 71.3 Å². The van der Waals surface area contributed by atoms with E-state index in [2.05, 4.69) is 13.8 Å². The summed E-state index contributed by atoms with van der Waals surface area (Å²) in [5, 5.41) is 10.2. The van der Waals surface area contributed by atoms with Gasteiger partial charge in [0, 0.05) is 25.2 Å². The van der Waals surface area contributed by atoms with Crippen LogP contribution < -0.4 is 0 Å². The van der Waals surface area contributed by atoms with Gasteiger partial charge in [-0.25, -0.2) is 0 Å². The number of ketones is 2. The summed E-state index contributed by atoms with van der Waals surface area (Å²) in [5.41, 5.74) is 0.168. The van der Waals surface area contributed by atoms with Crippen molar-refractivity contribution in [1.82, 2.24) is 0 Å². The fraction of sp³-hybridized carbons (Fsp3) is 0.895. The quantitative estimate of drug-likeness (QED) is 0.748. The Bertz CT molecular complexity index is 527. The lowest BCUT2D eigenvalue weighted by Gasteiger charge is -2.58. The van der Waals surface area contributed by atoms with Crippen LogP contribution in [0.25, 0.3) is 0 Å². The minimum absolute atomic E-state index is 0.0305. The molecular formula is C19H28O3. The van der Waals surface area contributed by atoms with Gasteiger partial charge in [-0.15, -0.1) is 0 Å². The van der Waals surface area contributed by atoms with E-state index in [4.69, 9.17) is 0 Å². The predicted molar refractivity (Wildman–Crippen MR) is 83.1 cm³/mol. The lowest BCUT2D eigenvalue weighted by Crippen LogP contribution is -2.56. The Labute approximate surface area is 132 Å². The van der Waals surface area contributed by atoms with Gasteiger partial charge in [-0.1, -0.05) is 13.8 Å². The number of rotatable bonds is 0. The molecule has 0 aromatic carbocycles. The topological polar surface area (TPSA) is 54.4 Å². The van der Waals surface area contributed by atoms with E-state index in [1.807, 2.05) is 0 Å². The summed E-state index contributed by atoms with van der Waals surface area (Å²) in [6, 6.07) is 0. The van der Waals surface area contributed by atoms with Gasteiger partial charge in [0.25, 0.3) is 0 Å². The highest BCUT2D eigenvalue weighted by Gasteiger charge is 2.61. The third-order valence-electron chi connectivity index (χ3n) is 7.97. The number of aliphatic hydroxyl groups excluding tert-OH is 1. The van der Waals surface area contributed by atoms with Crippen LogP contribution in [0.3, 0.4) is 0 Å². The summed E-state index contributed by atoms with van der Waals surface area (Å²) < 4.78 is 0. The van der Waals surface area contributed by atoms with Gasteiger partial charge in [0.05, 0.1) is 6.10 Å². The molecule has 0 heterocycles. The van der Waals surface area contributed by atoms with Crippen molar-refractivity contribution in [3.05, 3.63) is 0 Å². The van der Waals surface area contributed by atoms with E-state index in [1.165, 1.54) is 0 Å². The standard InChI is InChI=1S/C19H28O3/c1-18-6-5-14-17(15(18)8-13(21)9-18)16(22)7-11-3-4-12(20)10-19(11,14)2/h11,13-15,17,21H,3-10H2,1-2H3/t11-,13-,14+,15+,17-,18-,19+/m1/s1. The molecule has 4 aliphatic rings. The van der Waals surface area contributed by atoms with Crippen LogP contribution in [0.5, 0.6) is 0 Å². The minimum Gasteiger partial charge on any atom is -0.393 e. The van der Waals surface area contributed by atoms with Crippen LogP contribution in [-0.4, -0.2) is 22.8 Å². The Kier molecular flexibility index (Phi) is 3.15. The lowest BCUT2D eigenvalue weighted by atomic mass is 9.45. The number of carbonyl (C=O) groups excluding carboxylic acids is 2. The first-order valence-corrected chi connectivity index (χ1v) is 9.06. The maximum Gasteiger partial charge on any atom is 0.136 e. The van der Waals surface area contributed by atoms with Crippen LogP contribution in [0.4, 0.5) is 0 Å². The number of aliphatic hydroxyl groups is 1. The van der Waals surface area contributed by atoms with Gasteiger partial charge in [-0.3, -0.25) is 9.59 Å². The highest BCUT2D eigenvalue weighted by Crippen LogP contribution is 2.64. The summed E-state index contributed by atoms with van der Waals surface area (Å²) in [4.78, 5) is 25.0. The molecule has 7 atom stereocenters. The zero-order valence-electron chi connectivity index (χ0n) is 13.8. The molecule has 0 amide bonds. The highest BCUT2D eigenvalue weighted by atomic mass is 16.3. The maximum atomic E-state index is 12.9. The molecule has 1 N–H and O–H groups in total. The number of Topliss-reactive ketones (excluding diaryl/α,β-unsaturated/α-hetero) is 2. The molecule has 0 aromatic rings. The zero-order valence-corrected chi connectivity index (χ0v) is 13.8. The summed E-state index contributed by atoms with van der Waals surface area (Å²) in [5.74, 6) is 2.05. The third kappa shape index (κ3) is 1.90. The average Bonchev–Trinajstić information content (AvgIpc) is 2.74. The van der Waals surface area contributed by atoms with Gasteiger partial charge in [0.15, 0.2) is 0 Å². The molecule has 0 aromatic heterocycles. The molecule has 0 spiro atoms. The van der Waals surface area contributed by atoms with E-state index in [0.29, 0.717) is 48.6 Å². The predicted octanol–water partition coefficient (Wildman–Crippen LogP) is 3.14. The Morgan fingerprint density at radius 3 is 2.68 bits per heavy atom. The van der Waals surface area contributed by atoms with Crippen LogP contribution in [0.1, 0.15) is 65.2 Å². The first kappa shape index (κ1) is 14.9. The summed E-state index contributed by atoms with van der Waals surface area (Å²) >= 11 is 0. The van der Waals surface area contributed by atoms with E-state index in [9.17, 15) is 14.7 Å². The molecule has 3 heteroatoms. The molecule has 0 radical (unpaired) electrons. The van der Waals surface area contributed by atoms with Crippen molar-refractivity contribution in [3.63, 3.8) is 0 Å². The first-order chi connectivity index (χ1) is 10.3. The Hall–Kier alpha value is -0.700. The van der Waals surface area contributed by atoms with Crippen LogP contribution in [0, 0.1) is 34.5 Å². The second kappa shape index (κ2) is 4.66. The molecule has 122 valence electrons. The van der Waals surface area contributed by atoms with Gasteiger partial charge in [-0.2, -0.15) is 0 Å². The number of fused-ring (bicyclic) bond motifs is 5. The van der Waals surface area contributed by atoms with E-state index in [-0.39, 0.29) is 22.9 Å². The van der Waals surface area contributed by atoms with Crippen molar-refractivity contribution in [1.29, 1.82) is 0 Å². The summed E-state index contributed by atoms with van der Waals surface area (Å²) in [6.07, 6.45) is 6.52. The molecular weight excluding hydrogens is 276 g/mol. The number of hydrogen-bond donors (Lipinski definition) is 1. The number of hydrogen-bond acceptors (Lipinski definition) is 3. The monoisotopic (exact) mass is 304 g/mol. The lowest BCUT2D eigenvalue weighted by molar-refractivity contribution is -0.158. The smallest absolute Gasteiger partial charge is 0.136 e. The average molecular weight is 304 g/mol. The van der Waals surface area contributed by atoms with Crippen molar-refractivity contribution in [2.24, 2.45) is 34.5 Å². The largest absolute Gasteiger partial charge is 0.393 e. The first-order valence-electron chi connectivity index (χ1n) is 9.06. The van der Waals surface area contributed by atoms with Crippen molar-refractivity contribution in [3.8, 4) is 0 Å². The van der Waals surface area contributed by atoms with Crippen LogP contribution in [0.2, 0.25) is 0 Å². The Balaban J connectivity index is 1.71. The highest BCUT2D eigenvalue weighted by molar-refractivity contribution is 5.86. The van der Waals surface area contributed by atoms with Gasteiger partial charge >= 0.3 is 0 Å². The van der Waals surface area contributed by atoms with E-state index in [1.54, 1.807) is 0 Å². The van der Waals surface area contributed by atoms with Crippen LogP contribution >= 0.6 is 0 Å². The second-order valence-corrected chi connectivity index (χ2v) is 9.15. The molecule has 4 rings (SSSR count). The van der Waals surface area contributed by atoms with E-state index in [0.717, 1.165) is 32.1 Å². The van der Waals surface area contributed by atoms with Crippen molar-refractivity contribution < 1.29 is 14.7 Å². The van der Waals surface area contributed by atoms with Gasteiger partial charge in [-0.05, 0) is 60.7 Å². The van der Waals surface area contributed by atoms with Crippen molar-refractivity contribution >= 4 is 11.6 Å². The Morgan fingerprint density at radius 2 is 1.91 bits per heavy atom. The Morgan fingerprint density at radius 1 is 1.14 bits per heavy atom. The van der Waals surface area contributed by atoms with Crippen LogP contribution in [0.15, 0.2) is 0 Å². The normalized spacial score (nSPS) is 54.6. The molecule has 4 fully saturated rings. The molecule has 0 aliphatic heterocycles. The molecule has 0 bridgehead atoms. The molecule has 22 heavy (non-hydrogen) atoms. The van der Waals surface area contributed by atoms with Gasteiger partial charge in [0.1, 0.15) is 11.6 Å². The summed E-state index contributed by atoms with van der Waals surface area (Å²) in [7, 11) is 0. The van der Waals surface area contributed by atoms with Gasteiger partial charge < -0.3 is 5.11 Å². The van der Waals surface area contributed by atoms with Gasteiger partial charge in [0.2, 0.25) is 0 Å². The van der Waals surface area contributed by atoms with E-state index >= 15 is 0 Å². The van der Waals surface area contributed by atoms with Crippen molar-refractivity contribution in [2.75, 3.05) is 0 Å². The fourth-order valence-electron chi connectivity index (χ4n) is 6.82. The van der Waals surface area contributed by atoms with Crippen LogP contribution in [-0.2, 0) is 9.59 Å². The second-order valence-electron chi connectivity index (χ2n) is 9.15. The molecule has 4 saturated carbocycles. The summed E-state index contributed by atoms with van der Waals surface area (Å²) in [6.45, 7) is 4.56. The SMILES string of the molecule is C[C@]12CC[C@H]3[C@@H](C(=O)C[C@H]4CCC(=O)C[C@@]43C)[C@@H]1C[C@@H](O)C2. The van der Waals surface area contributed by atoms with E-state index < -0.39 is 0 Å². The molecule has 4 aliphatic carbocycles. The molecule has 0 unspecified atom stereocenters. The third-order valence-corrected chi connectivity index (χ3v) is 7.97. The maximum absolute atomic E-state index is 12.9. The molecule has 3 nitrogen and oxygen atoms in total.